The number of carbonyl (C=O) groups is 1. The molecule has 0 N–H and O–H groups in total. The molecule has 0 bridgehead atoms. The van der Waals surface area contributed by atoms with Crippen molar-refractivity contribution in [3.63, 3.8) is 0 Å². The number of benzene rings is 1. The van der Waals surface area contributed by atoms with E-state index >= 15 is 0 Å². The predicted molar refractivity (Wildman–Crippen MR) is 136 cm³/mol. The van der Waals surface area contributed by atoms with E-state index in [4.69, 9.17) is 14.5 Å². The lowest BCUT2D eigenvalue weighted by Gasteiger charge is -2.33. The molecule has 4 aromatic rings. The zero-order valence-electron chi connectivity index (χ0n) is 21.3. The molecule has 0 saturated carbocycles. The highest BCUT2D eigenvalue weighted by atomic mass is 16.6. The number of rotatable bonds is 7. The molecule has 3 aromatic heterocycles. The Kier molecular flexibility index (Phi) is 6.65. The number of pyridine rings is 2. The number of aromatic nitrogens is 4. The van der Waals surface area contributed by atoms with Gasteiger partial charge in [-0.3, -0.25) is 4.40 Å². The van der Waals surface area contributed by atoms with Crippen molar-refractivity contribution in [3.8, 4) is 17.3 Å². The number of carbonyl (C=O) groups excluding carboxylic acids is 1. The first-order chi connectivity index (χ1) is 16.6. The minimum Gasteiger partial charge on any atom is -0.491 e. The molecule has 0 saturated heterocycles. The molecule has 0 spiro atoms. The van der Waals surface area contributed by atoms with Gasteiger partial charge in [0.25, 0.3) is 0 Å². The van der Waals surface area contributed by atoms with Crippen LogP contribution in [0.3, 0.4) is 0 Å². The standard InChI is InChI=1S/C27H33N5O3/c1-7-31(25(33)35-26(2,3)4)17-27(5,6)18-34-21-12-10-11-19-14-15-20(28-23(19)21)24-30-29-22-13-8-9-16-32(22)24/h8-16H,7,17-18H2,1-6H3. The summed E-state index contributed by atoms with van der Waals surface area (Å²) in [5, 5.41) is 9.54. The summed E-state index contributed by atoms with van der Waals surface area (Å²) in [5.74, 6) is 1.36. The van der Waals surface area contributed by atoms with E-state index in [1.54, 1.807) is 4.90 Å². The Bertz CT molecular complexity index is 1340. The largest absolute Gasteiger partial charge is 0.491 e. The molecule has 8 nitrogen and oxygen atoms in total. The molecule has 1 aromatic carbocycles. The average molecular weight is 476 g/mol. The summed E-state index contributed by atoms with van der Waals surface area (Å²) in [6.07, 6.45) is 1.61. The van der Waals surface area contributed by atoms with Crippen LogP contribution in [0, 0.1) is 5.41 Å². The average Bonchev–Trinajstić information content (AvgIpc) is 3.24. The van der Waals surface area contributed by atoms with Crippen LogP contribution in [0.5, 0.6) is 5.75 Å². The summed E-state index contributed by atoms with van der Waals surface area (Å²) in [6, 6.07) is 15.6. The molecule has 184 valence electrons. The van der Waals surface area contributed by atoms with Gasteiger partial charge < -0.3 is 14.4 Å². The van der Waals surface area contributed by atoms with Crippen LogP contribution in [0.2, 0.25) is 0 Å². The molecule has 4 rings (SSSR count). The highest BCUT2D eigenvalue weighted by Crippen LogP contribution is 2.29. The molecule has 0 aliphatic carbocycles. The number of para-hydroxylation sites is 1. The van der Waals surface area contributed by atoms with E-state index in [9.17, 15) is 4.79 Å². The van der Waals surface area contributed by atoms with Crippen molar-refractivity contribution < 1.29 is 14.3 Å². The minimum absolute atomic E-state index is 0.310. The Hall–Kier alpha value is -3.68. The van der Waals surface area contributed by atoms with E-state index in [0.29, 0.717) is 37.0 Å². The van der Waals surface area contributed by atoms with Gasteiger partial charge in [0, 0.05) is 30.1 Å². The third-order valence-corrected chi connectivity index (χ3v) is 5.50. The van der Waals surface area contributed by atoms with Gasteiger partial charge in [0.1, 0.15) is 22.6 Å². The van der Waals surface area contributed by atoms with Crippen molar-refractivity contribution in [2.24, 2.45) is 5.41 Å². The van der Waals surface area contributed by atoms with Gasteiger partial charge in [-0.2, -0.15) is 0 Å². The van der Waals surface area contributed by atoms with Crippen LogP contribution < -0.4 is 4.74 Å². The lowest BCUT2D eigenvalue weighted by molar-refractivity contribution is 0.0154. The van der Waals surface area contributed by atoms with Crippen LogP contribution in [0.15, 0.2) is 54.7 Å². The summed E-state index contributed by atoms with van der Waals surface area (Å²) in [7, 11) is 0. The molecule has 0 aliphatic heterocycles. The van der Waals surface area contributed by atoms with Gasteiger partial charge in [0.2, 0.25) is 0 Å². The Morgan fingerprint density at radius 2 is 1.80 bits per heavy atom. The van der Waals surface area contributed by atoms with Crippen molar-refractivity contribution in [2.75, 3.05) is 19.7 Å². The molecule has 0 radical (unpaired) electrons. The third-order valence-electron chi connectivity index (χ3n) is 5.50. The van der Waals surface area contributed by atoms with Gasteiger partial charge in [-0.25, -0.2) is 9.78 Å². The molecule has 8 heteroatoms. The molecule has 0 unspecified atom stereocenters. The second-order valence-corrected chi connectivity index (χ2v) is 10.4. The number of hydrogen-bond donors (Lipinski definition) is 0. The quantitative estimate of drug-likeness (QED) is 0.346. The maximum atomic E-state index is 12.6. The lowest BCUT2D eigenvalue weighted by Crippen LogP contribution is -2.43. The number of ether oxygens (including phenoxy) is 2. The zero-order valence-corrected chi connectivity index (χ0v) is 21.3. The maximum absolute atomic E-state index is 12.6. The molecular formula is C27H33N5O3. The van der Waals surface area contributed by atoms with Crippen molar-refractivity contribution in [3.05, 3.63) is 54.7 Å². The highest BCUT2D eigenvalue weighted by molar-refractivity contribution is 5.86. The Morgan fingerprint density at radius 1 is 1.00 bits per heavy atom. The van der Waals surface area contributed by atoms with Gasteiger partial charge in [0.05, 0.1) is 6.61 Å². The predicted octanol–water partition coefficient (Wildman–Crippen LogP) is 5.61. The van der Waals surface area contributed by atoms with E-state index in [-0.39, 0.29) is 11.5 Å². The maximum Gasteiger partial charge on any atom is 0.410 e. The van der Waals surface area contributed by atoms with Crippen molar-refractivity contribution >= 4 is 22.6 Å². The van der Waals surface area contributed by atoms with E-state index in [1.807, 2.05) is 86.8 Å². The monoisotopic (exact) mass is 475 g/mol. The molecule has 0 fully saturated rings. The first-order valence-corrected chi connectivity index (χ1v) is 11.9. The molecule has 35 heavy (non-hydrogen) atoms. The zero-order chi connectivity index (χ0) is 25.2. The van der Waals surface area contributed by atoms with Crippen LogP contribution in [-0.2, 0) is 4.74 Å². The highest BCUT2D eigenvalue weighted by Gasteiger charge is 2.28. The number of nitrogens with zero attached hydrogens (tertiary/aromatic N) is 5. The second-order valence-electron chi connectivity index (χ2n) is 10.4. The van der Waals surface area contributed by atoms with Gasteiger partial charge in [-0.05, 0) is 52.0 Å². The van der Waals surface area contributed by atoms with Crippen molar-refractivity contribution in [2.45, 2.75) is 47.1 Å². The molecule has 0 aliphatic rings. The molecular weight excluding hydrogens is 442 g/mol. The number of hydrogen-bond acceptors (Lipinski definition) is 6. The van der Waals surface area contributed by atoms with Gasteiger partial charge in [-0.15, -0.1) is 10.2 Å². The van der Waals surface area contributed by atoms with Crippen LogP contribution in [0.1, 0.15) is 41.5 Å². The normalized spacial score (nSPS) is 12.2. The molecule has 0 atom stereocenters. The van der Waals surface area contributed by atoms with Crippen LogP contribution in [-0.4, -0.2) is 55.9 Å². The summed E-state index contributed by atoms with van der Waals surface area (Å²) < 4.78 is 13.8. The van der Waals surface area contributed by atoms with Crippen LogP contribution >= 0.6 is 0 Å². The fourth-order valence-electron chi connectivity index (χ4n) is 3.84. The SMILES string of the molecule is CCN(CC(C)(C)COc1cccc2ccc(-c3nnc4ccccn34)nc12)C(=O)OC(C)(C)C. The van der Waals surface area contributed by atoms with Crippen molar-refractivity contribution in [1.82, 2.24) is 24.5 Å². The Balaban J connectivity index is 1.55. The summed E-state index contributed by atoms with van der Waals surface area (Å²) in [6.45, 7) is 13.2. The Morgan fingerprint density at radius 3 is 2.54 bits per heavy atom. The lowest BCUT2D eigenvalue weighted by atomic mass is 9.94. The topological polar surface area (TPSA) is 81.9 Å². The molecule has 3 heterocycles. The third kappa shape index (κ3) is 5.70. The van der Waals surface area contributed by atoms with Crippen LogP contribution in [0.4, 0.5) is 4.79 Å². The second kappa shape index (κ2) is 9.52. The van der Waals surface area contributed by atoms with Crippen molar-refractivity contribution in [1.29, 1.82) is 0 Å². The van der Waals surface area contributed by atoms with E-state index in [1.165, 1.54) is 0 Å². The Labute approximate surface area is 205 Å². The van der Waals surface area contributed by atoms with E-state index in [2.05, 4.69) is 24.0 Å². The van der Waals surface area contributed by atoms with Crippen LogP contribution in [0.25, 0.3) is 28.1 Å². The molecule has 1 amide bonds. The van der Waals surface area contributed by atoms with E-state index < -0.39 is 5.60 Å². The minimum atomic E-state index is -0.535. The number of fused-ring (bicyclic) bond motifs is 2. The first-order valence-electron chi connectivity index (χ1n) is 11.9. The van der Waals surface area contributed by atoms with E-state index in [0.717, 1.165) is 16.6 Å². The summed E-state index contributed by atoms with van der Waals surface area (Å²) in [5.41, 5.74) is 1.39. The van der Waals surface area contributed by atoms with Gasteiger partial charge >= 0.3 is 6.09 Å². The van der Waals surface area contributed by atoms with Gasteiger partial charge in [0.15, 0.2) is 11.5 Å². The fraction of sp³-hybridized carbons (Fsp3) is 0.407. The first kappa shape index (κ1) is 24.4. The van der Waals surface area contributed by atoms with Gasteiger partial charge in [-0.1, -0.05) is 38.1 Å². The smallest absolute Gasteiger partial charge is 0.410 e. The fourth-order valence-corrected chi connectivity index (χ4v) is 3.84. The summed E-state index contributed by atoms with van der Waals surface area (Å²) in [4.78, 5) is 19.2. The summed E-state index contributed by atoms with van der Waals surface area (Å²) >= 11 is 0. The number of amides is 1.